The fourth-order valence-corrected chi connectivity index (χ4v) is 18.8. The Morgan fingerprint density at radius 3 is 1.39 bits per heavy atom. The molecule has 0 fully saturated rings. The third-order valence-electron chi connectivity index (χ3n) is 13.3. The number of allylic oxidation sites excluding steroid dienone is 4. The van der Waals surface area contributed by atoms with Crippen molar-refractivity contribution >= 4 is 6.48 Å². The van der Waals surface area contributed by atoms with Crippen LogP contribution in [0.25, 0.3) is 33.4 Å². The molecule has 0 radical (unpaired) electrons. The Kier molecular flexibility index (Phi) is 14.8. The van der Waals surface area contributed by atoms with E-state index in [4.69, 9.17) is 0 Å². The number of hydrogen-bond donors (Lipinski definition) is 0. The van der Waals surface area contributed by atoms with Gasteiger partial charge in [0.2, 0.25) is 0 Å². The molecule has 0 N–H and O–H groups in total. The van der Waals surface area contributed by atoms with Crippen molar-refractivity contribution in [3.05, 3.63) is 196 Å². The summed E-state index contributed by atoms with van der Waals surface area (Å²) in [5, 5.41) is 0. The molecule has 0 spiro atoms. The van der Waals surface area contributed by atoms with Gasteiger partial charge >= 0.3 is 385 Å². The molecule has 0 unspecified atom stereocenters. The summed E-state index contributed by atoms with van der Waals surface area (Å²) >= 11 is -2.93. The first-order valence-corrected chi connectivity index (χ1v) is 26.9. The van der Waals surface area contributed by atoms with Gasteiger partial charge in [0.15, 0.2) is 0 Å². The van der Waals surface area contributed by atoms with Crippen LogP contribution in [0.4, 0.5) is 0 Å². The van der Waals surface area contributed by atoms with E-state index in [0.717, 1.165) is 19.3 Å². The Labute approximate surface area is 406 Å². The quantitative estimate of drug-likeness (QED) is 0.143. The third-order valence-corrected chi connectivity index (χ3v) is 21.3. The Hall–Kier alpha value is -3.87. The van der Waals surface area contributed by atoms with E-state index in [0.29, 0.717) is 3.63 Å². The van der Waals surface area contributed by atoms with Crippen LogP contribution in [0.5, 0.6) is 0 Å². The first kappa shape index (κ1) is 49.6. The van der Waals surface area contributed by atoms with Gasteiger partial charge in [-0.2, -0.15) is 0 Å². The second kappa shape index (κ2) is 19.2. The summed E-state index contributed by atoms with van der Waals surface area (Å²) in [5.74, 6) is 0. The number of fused-ring (bicyclic) bond motifs is 3. The largest absolute Gasteiger partial charge is 1.00 e. The predicted octanol–water partition coefficient (Wildman–Crippen LogP) is 9.61. The second-order valence-electron chi connectivity index (χ2n) is 22.2. The van der Waals surface area contributed by atoms with Crippen molar-refractivity contribution in [2.75, 3.05) is 0 Å². The third kappa shape index (κ3) is 10.4. The smallest absolute Gasteiger partial charge is 1.00 e. The van der Waals surface area contributed by atoms with E-state index < -0.39 is 21.3 Å². The minimum absolute atomic E-state index is 0. The van der Waals surface area contributed by atoms with Crippen molar-refractivity contribution in [1.29, 1.82) is 0 Å². The van der Waals surface area contributed by atoms with Crippen LogP contribution < -0.4 is 28.1 Å². The van der Waals surface area contributed by atoms with E-state index in [9.17, 15) is 0 Å². The number of hydrogen-bond acceptors (Lipinski definition) is 0. The molecule has 0 saturated carbocycles. The van der Waals surface area contributed by atoms with Crippen molar-refractivity contribution in [2.24, 2.45) is 0 Å². The molecule has 6 aromatic rings. The van der Waals surface area contributed by atoms with Crippen LogP contribution in [-0.4, -0.2) is 3.21 Å². The van der Waals surface area contributed by atoms with E-state index in [1.807, 2.05) is 0 Å². The van der Waals surface area contributed by atoms with Crippen molar-refractivity contribution in [2.45, 2.75) is 128 Å². The summed E-state index contributed by atoms with van der Waals surface area (Å²) < 4.78 is 3.90. The van der Waals surface area contributed by atoms with Crippen LogP contribution in [-0.2, 0) is 62.2 Å². The van der Waals surface area contributed by atoms with Gasteiger partial charge in [0.05, 0.1) is 0 Å². The molecule has 3 heteroatoms. The maximum atomic E-state index is 2.65. The van der Waals surface area contributed by atoms with Gasteiger partial charge in [0.25, 0.3) is 0 Å². The first-order chi connectivity index (χ1) is 29.3. The van der Waals surface area contributed by atoms with Gasteiger partial charge in [0, 0.05) is 0 Å². The normalized spacial score (nSPS) is 13.4. The zero-order valence-corrected chi connectivity index (χ0v) is 44.4. The molecule has 330 valence electrons. The maximum Gasteiger partial charge on any atom is -1.00 e. The predicted molar refractivity (Wildman–Crippen MR) is 267 cm³/mol. The summed E-state index contributed by atoms with van der Waals surface area (Å²) in [4.78, 5) is 0. The molecule has 0 heterocycles. The summed E-state index contributed by atoms with van der Waals surface area (Å²) in [6.07, 6.45) is 12.8. The summed E-state index contributed by atoms with van der Waals surface area (Å²) in [5.41, 5.74) is 20.1. The van der Waals surface area contributed by atoms with Crippen molar-refractivity contribution in [1.82, 2.24) is 0 Å². The summed E-state index contributed by atoms with van der Waals surface area (Å²) in [7, 11) is 0. The molecule has 0 saturated heterocycles. The number of halogens is 2. The molecule has 0 bridgehead atoms. The Morgan fingerprint density at radius 1 is 0.484 bits per heavy atom. The zero-order valence-electron chi connectivity index (χ0n) is 40.4. The average molecular weight is 963 g/mol. The first-order valence-electron chi connectivity index (χ1n) is 23.0. The molecule has 0 aliphatic heterocycles. The van der Waals surface area contributed by atoms with Crippen LogP contribution in [0.3, 0.4) is 0 Å². The van der Waals surface area contributed by atoms with Gasteiger partial charge in [-0.15, -0.1) is 0 Å². The maximum absolute atomic E-state index is 2.93. The Balaban J connectivity index is 0.00000340. The molecule has 2 aliphatic carbocycles. The van der Waals surface area contributed by atoms with Crippen molar-refractivity contribution < 1.29 is 46.1 Å². The molecule has 64 heavy (non-hydrogen) atoms. The minimum Gasteiger partial charge on any atom is -1.00 e. The fourth-order valence-electron chi connectivity index (χ4n) is 9.86. The average Bonchev–Trinajstić information content (AvgIpc) is 3.88. The van der Waals surface area contributed by atoms with Crippen molar-refractivity contribution in [3.8, 4) is 33.4 Å². The van der Waals surface area contributed by atoms with Crippen LogP contribution >= 0.6 is 0 Å². The topological polar surface area (TPSA) is 0 Å². The molecule has 2 aliphatic rings. The van der Waals surface area contributed by atoms with Crippen LogP contribution in [0, 0.1) is 0 Å². The van der Waals surface area contributed by atoms with Crippen LogP contribution in [0.2, 0.25) is 3.63 Å². The summed E-state index contributed by atoms with van der Waals surface area (Å²) in [6.45, 7) is 28.5. The molecular weight excluding hydrogens is 895 g/mol. The standard InChI is InChI=1S/C41H49.C15H14.C5H5.2ClH.Zr/c1-38(2,3)30-17-13-26(14-18-30)34-22-28-21-29-23-35(27-15-19-31(20-16-27)39(4,5)6)37(41(10,11)12)25-33(29)32(28)24-36(34)40(7,8)9;1-3-8-14(9-4-1)12-7-13-15-10-5-2-6-11-15;1-2-4-5-3-1;;;/h13-20,22,24-25H,21H2,1-12H3;1-6,8-11H,12-13H2;1-5H;2*1H;/q;;;;;+2/p-2. The number of benzene rings is 6. The molecule has 0 nitrogen and oxygen atoms in total. The second-order valence-corrected chi connectivity index (χ2v) is 28.9. The van der Waals surface area contributed by atoms with Crippen molar-refractivity contribution in [3.63, 3.8) is 0 Å². The van der Waals surface area contributed by atoms with E-state index in [1.165, 1.54) is 72.3 Å². The zero-order chi connectivity index (χ0) is 44.2. The molecule has 0 aromatic heterocycles. The Bertz CT molecular complexity index is 2630. The van der Waals surface area contributed by atoms with E-state index in [1.54, 1.807) is 12.0 Å². The van der Waals surface area contributed by atoms with Gasteiger partial charge in [0.1, 0.15) is 0 Å². The van der Waals surface area contributed by atoms with Gasteiger partial charge in [-0.05, 0) is 0 Å². The van der Waals surface area contributed by atoms with E-state index >= 15 is 0 Å². The Morgan fingerprint density at radius 2 is 0.938 bits per heavy atom. The van der Waals surface area contributed by atoms with E-state index in [2.05, 4.69) is 235 Å². The fraction of sp³-hybridized carbons (Fsp3) is 0.328. The van der Waals surface area contributed by atoms with Gasteiger partial charge in [-0.3, -0.25) is 0 Å². The van der Waals surface area contributed by atoms with Gasteiger partial charge in [-0.1, -0.05) is 0 Å². The van der Waals surface area contributed by atoms with Crippen LogP contribution in [0.1, 0.15) is 128 Å². The van der Waals surface area contributed by atoms with Crippen LogP contribution in [0.15, 0.2) is 152 Å². The van der Waals surface area contributed by atoms with Gasteiger partial charge in [-0.25, -0.2) is 0 Å². The van der Waals surface area contributed by atoms with E-state index in [-0.39, 0.29) is 46.5 Å². The molecule has 0 atom stereocenters. The molecule has 8 rings (SSSR count). The molecular formula is C61H68Cl2Zr. The molecule has 6 aromatic carbocycles. The SMILES string of the molecule is CC(C)(C)c1ccc(-c2cc3c(cc2C(C)(C)C)-c2cc(C(C)(C)C)c(-c4ccc(C(C)(C)C)cc4)[c]([Zr+2](=[C](Cc4ccccc4)Cc4ccccc4)[CH]4C=CC=C4)c2C3)cc1.[Cl-].[Cl-]. The minimum atomic E-state index is -2.93. The number of rotatable bonds is 8. The van der Waals surface area contributed by atoms with Gasteiger partial charge < -0.3 is 24.8 Å². The summed E-state index contributed by atoms with van der Waals surface area (Å²) in [6, 6.07) is 49.7. The molecule has 0 amide bonds. The monoisotopic (exact) mass is 960 g/mol.